The van der Waals surface area contributed by atoms with E-state index >= 15 is 0 Å². The van der Waals surface area contributed by atoms with Crippen molar-refractivity contribution in [2.24, 2.45) is 0 Å². The van der Waals surface area contributed by atoms with Gasteiger partial charge in [-0.05, 0) is 26.0 Å². The van der Waals surface area contributed by atoms with Gasteiger partial charge in [0.15, 0.2) is 5.82 Å². The molecule has 0 atom stereocenters. The number of hydrogen-bond acceptors (Lipinski definition) is 6. The Kier molecular flexibility index (Phi) is 5.08. The Labute approximate surface area is 141 Å². The van der Waals surface area contributed by atoms with Crippen LogP contribution in [0.25, 0.3) is 0 Å². The predicted octanol–water partition coefficient (Wildman–Crippen LogP) is 2.18. The molecule has 1 aliphatic rings. The average molecular weight is 330 g/mol. The minimum atomic E-state index is -0.174. The topological polar surface area (TPSA) is 48.4 Å². The summed E-state index contributed by atoms with van der Waals surface area (Å²) in [6.07, 6.45) is 1.70. The van der Waals surface area contributed by atoms with Crippen LogP contribution in [0.3, 0.4) is 0 Å². The van der Waals surface area contributed by atoms with Crippen molar-refractivity contribution in [3.05, 3.63) is 36.3 Å². The lowest BCUT2D eigenvalue weighted by Gasteiger charge is -2.36. The highest BCUT2D eigenvalue weighted by atomic mass is 19.1. The number of para-hydroxylation sites is 1. The van der Waals surface area contributed by atoms with E-state index in [4.69, 9.17) is 0 Å². The molecule has 2 heterocycles. The van der Waals surface area contributed by atoms with Gasteiger partial charge in [0, 0.05) is 39.3 Å². The molecule has 128 valence electrons. The Hall–Kier alpha value is -2.44. The molecule has 0 N–H and O–H groups in total. The first-order chi connectivity index (χ1) is 11.7. The number of piperazine rings is 1. The molecular formula is C17H23FN6. The minimum Gasteiger partial charge on any atom is -0.366 e. The van der Waals surface area contributed by atoms with Crippen LogP contribution >= 0.6 is 0 Å². The lowest BCUT2D eigenvalue weighted by Crippen LogP contribution is -2.47. The lowest BCUT2D eigenvalue weighted by atomic mass is 10.2. The zero-order valence-corrected chi connectivity index (χ0v) is 14.2. The highest BCUT2D eigenvalue weighted by Gasteiger charge is 2.21. The van der Waals surface area contributed by atoms with Gasteiger partial charge in [-0.2, -0.15) is 10.1 Å². The summed E-state index contributed by atoms with van der Waals surface area (Å²) in [7, 11) is 0. The number of hydrogen-bond donors (Lipinski definition) is 0. The Morgan fingerprint density at radius 3 is 2.38 bits per heavy atom. The van der Waals surface area contributed by atoms with E-state index in [2.05, 4.69) is 43.7 Å². The maximum absolute atomic E-state index is 13.9. The molecule has 7 heteroatoms. The van der Waals surface area contributed by atoms with E-state index < -0.39 is 0 Å². The van der Waals surface area contributed by atoms with Crippen LogP contribution in [0.1, 0.15) is 13.8 Å². The van der Waals surface area contributed by atoms with Gasteiger partial charge in [0.1, 0.15) is 5.82 Å². The summed E-state index contributed by atoms with van der Waals surface area (Å²) in [6.45, 7) is 8.93. The van der Waals surface area contributed by atoms with Crippen molar-refractivity contribution in [3.8, 4) is 0 Å². The van der Waals surface area contributed by atoms with Crippen LogP contribution in [0.2, 0.25) is 0 Å². The smallest absolute Gasteiger partial charge is 0.247 e. The number of benzene rings is 1. The first-order valence-corrected chi connectivity index (χ1v) is 8.42. The Balaban J connectivity index is 1.69. The number of rotatable bonds is 5. The summed E-state index contributed by atoms with van der Waals surface area (Å²) in [4.78, 5) is 11.0. The van der Waals surface area contributed by atoms with Crippen molar-refractivity contribution in [2.45, 2.75) is 13.8 Å². The molecule has 2 aromatic rings. The second kappa shape index (κ2) is 7.42. The second-order valence-electron chi connectivity index (χ2n) is 5.71. The number of aromatic nitrogens is 3. The number of anilines is 3. The fraction of sp³-hybridized carbons (Fsp3) is 0.471. The molecule has 1 saturated heterocycles. The van der Waals surface area contributed by atoms with Crippen LogP contribution in [-0.4, -0.2) is 54.4 Å². The highest BCUT2D eigenvalue weighted by Crippen LogP contribution is 2.21. The van der Waals surface area contributed by atoms with Crippen LogP contribution in [0.4, 0.5) is 21.8 Å². The maximum atomic E-state index is 13.9. The van der Waals surface area contributed by atoms with Gasteiger partial charge in [-0.15, -0.1) is 5.10 Å². The molecule has 1 aromatic carbocycles. The zero-order chi connectivity index (χ0) is 16.9. The van der Waals surface area contributed by atoms with Gasteiger partial charge in [-0.25, -0.2) is 4.39 Å². The summed E-state index contributed by atoms with van der Waals surface area (Å²) in [6, 6.07) is 6.91. The summed E-state index contributed by atoms with van der Waals surface area (Å²) in [5.74, 6) is 1.32. The van der Waals surface area contributed by atoms with E-state index in [0.29, 0.717) is 11.6 Å². The largest absolute Gasteiger partial charge is 0.366 e. The lowest BCUT2D eigenvalue weighted by molar-refractivity contribution is 0.592. The molecule has 1 fully saturated rings. The van der Waals surface area contributed by atoms with E-state index in [1.807, 2.05) is 12.1 Å². The van der Waals surface area contributed by atoms with Gasteiger partial charge in [-0.3, -0.25) is 0 Å². The minimum absolute atomic E-state index is 0.174. The van der Waals surface area contributed by atoms with E-state index in [-0.39, 0.29) is 5.82 Å². The molecule has 1 aromatic heterocycles. The molecule has 0 unspecified atom stereocenters. The van der Waals surface area contributed by atoms with Gasteiger partial charge in [0.25, 0.3) is 0 Å². The molecule has 1 aliphatic heterocycles. The molecule has 6 nitrogen and oxygen atoms in total. The van der Waals surface area contributed by atoms with Gasteiger partial charge >= 0.3 is 0 Å². The van der Waals surface area contributed by atoms with Crippen molar-refractivity contribution in [1.29, 1.82) is 0 Å². The third kappa shape index (κ3) is 3.39. The molecule has 0 radical (unpaired) electrons. The van der Waals surface area contributed by atoms with E-state index in [1.165, 1.54) is 6.07 Å². The van der Waals surface area contributed by atoms with Gasteiger partial charge in [0.2, 0.25) is 5.95 Å². The van der Waals surface area contributed by atoms with Gasteiger partial charge in [-0.1, -0.05) is 12.1 Å². The third-order valence-electron chi connectivity index (χ3n) is 4.38. The normalized spacial score (nSPS) is 14.8. The Morgan fingerprint density at radius 1 is 1.04 bits per heavy atom. The van der Waals surface area contributed by atoms with Gasteiger partial charge in [0.05, 0.1) is 11.9 Å². The monoisotopic (exact) mass is 330 g/mol. The Bertz CT molecular complexity index is 668. The van der Waals surface area contributed by atoms with Crippen molar-refractivity contribution < 1.29 is 4.39 Å². The first-order valence-electron chi connectivity index (χ1n) is 8.42. The summed E-state index contributed by atoms with van der Waals surface area (Å²) >= 11 is 0. The Morgan fingerprint density at radius 2 is 1.71 bits per heavy atom. The summed E-state index contributed by atoms with van der Waals surface area (Å²) < 4.78 is 13.9. The molecule has 0 bridgehead atoms. The molecule has 0 aliphatic carbocycles. The first kappa shape index (κ1) is 16.4. The fourth-order valence-corrected chi connectivity index (χ4v) is 2.98. The quantitative estimate of drug-likeness (QED) is 0.837. The summed E-state index contributed by atoms with van der Waals surface area (Å²) in [5, 5.41) is 8.27. The molecule has 0 saturated carbocycles. The van der Waals surface area contributed by atoms with Crippen LogP contribution < -0.4 is 14.7 Å². The van der Waals surface area contributed by atoms with Crippen LogP contribution in [0, 0.1) is 5.82 Å². The highest BCUT2D eigenvalue weighted by molar-refractivity contribution is 5.50. The van der Waals surface area contributed by atoms with Crippen molar-refractivity contribution >= 4 is 17.5 Å². The van der Waals surface area contributed by atoms with E-state index in [0.717, 1.165) is 45.1 Å². The van der Waals surface area contributed by atoms with E-state index in [9.17, 15) is 4.39 Å². The van der Waals surface area contributed by atoms with Crippen LogP contribution in [0.15, 0.2) is 30.5 Å². The van der Waals surface area contributed by atoms with Crippen molar-refractivity contribution in [2.75, 3.05) is 54.0 Å². The average Bonchev–Trinajstić information content (AvgIpc) is 2.64. The van der Waals surface area contributed by atoms with Crippen molar-refractivity contribution in [1.82, 2.24) is 15.2 Å². The molecular weight excluding hydrogens is 307 g/mol. The number of halogens is 1. The van der Waals surface area contributed by atoms with Crippen LogP contribution in [0.5, 0.6) is 0 Å². The third-order valence-corrected chi connectivity index (χ3v) is 4.38. The summed E-state index contributed by atoms with van der Waals surface area (Å²) in [5.41, 5.74) is 0.660. The maximum Gasteiger partial charge on any atom is 0.247 e. The standard InChI is InChI=1S/C17H23FN6/c1-3-22(4-2)16-13-19-21-17(20-16)24-11-9-23(10-12-24)15-8-6-5-7-14(15)18/h5-8,13H,3-4,9-12H2,1-2H3. The molecule has 0 amide bonds. The molecule has 0 spiro atoms. The molecule has 3 rings (SSSR count). The van der Waals surface area contributed by atoms with Crippen LogP contribution in [-0.2, 0) is 0 Å². The SMILES string of the molecule is CCN(CC)c1cnnc(N2CCN(c3ccccc3F)CC2)n1. The predicted molar refractivity (Wildman–Crippen MR) is 94.2 cm³/mol. The number of nitrogens with zero attached hydrogens (tertiary/aromatic N) is 6. The fourth-order valence-electron chi connectivity index (χ4n) is 2.98. The molecule has 24 heavy (non-hydrogen) atoms. The van der Waals surface area contributed by atoms with Crippen molar-refractivity contribution in [3.63, 3.8) is 0 Å². The second-order valence-corrected chi connectivity index (χ2v) is 5.71. The van der Waals surface area contributed by atoms with Gasteiger partial charge < -0.3 is 14.7 Å². The zero-order valence-electron chi connectivity index (χ0n) is 14.2. The van der Waals surface area contributed by atoms with E-state index in [1.54, 1.807) is 12.3 Å².